The molecule has 166 valence electrons. The van der Waals surface area contributed by atoms with Crippen molar-refractivity contribution in [1.29, 1.82) is 0 Å². The van der Waals surface area contributed by atoms with Crippen LogP contribution in [0, 0.1) is 5.92 Å². The third-order valence-corrected chi connectivity index (χ3v) is 6.19. The normalized spacial score (nSPS) is 19.2. The number of nitrogens with one attached hydrogen (secondary N) is 1. The molecule has 0 bridgehead atoms. The number of hydrogen-bond donors (Lipinski definition) is 2. The predicted molar refractivity (Wildman–Crippen MR) is 127 cm³/mol. The zero-order valence-corrected chi connectivity index (χ0v) is 18.9. The van der Waals surface area contributed by atoms with Crippen molar-refractivity contribution in [2.24, 2.45) is 11.7 Å². The first kappa shape index (κ1) is 23.2. The van der Waals surface area contributed by atoms with Crippen LogP contribution in [0.5, 0.6) is 11.5 Å². The van der Waals surface area contributed by atoms with E-state index in [4.69, 9.17) is 26.8 Å². The van der Waals surface area contributed by atoms with Crippen molar-refractivity contribution < 1.29 is 9.47 Å². The van der Waals surface area contributed by atoms with Crippen molar-refractivity contribution in [2.75, 3.05) is 7.11 Å². The van der Waals surface area contributed by atoms with E-state index in [0.717, 1.165) is 43.2 Å². The van der Waals surface area contributed by atoms with E-state index < -0.39 is 0 Å². The highest BCUT2D eigenvalue weighted by molar-refractivity contribution is 6.32. The Bertz CT molecular complexity index is 1010. The van der Waals surface area contributed by atoms with Gasteiger partial charge in [-0.05, 0) is 73.7 Å². The van der Waals surface area contributed by atoms with Gasteiger partial charge in [0, 0.05) is 17.6 Å². The van der Waals surface area contributed by atoms with Gasteiger partial charge in [0.1, 0.15) is 11.5 Å². The molecule has 1 aliphatic rings. The molecule has 1 fully saturated rings. The highest BCUT2D eigenvalue weighted by Gasteiger charge is 2.26. The topological polar surface area (TPSA) is 77.3 Å². The van der Waals surface area contributed by atoms with Gasteiger partial charge in [-0.15, -0.1) is 0 Å². The largest absolute Gasteiger partial charge is 0.497 e. The Morgan fingerprint density at radius 1 is 1.13 bits per heavy atom. The minimum absolute atomic E-state index is 0.134. The lowest BCUT2D eigenvalue weighted by Crippen LogP contribution is -2.35. The fraction of sp³-hybridized carbons (Fsp3) is 0.400. The average Bonchev–Trinajstić information content (AvgIpc) is 2.81. The predicted octanol–water partition coefficient (Wildman–Crippen LogP) is 5.55. The monoisotopic (exact) mass is 442 g/mol. The van der Waals surface area contributed by atoms with Crippen molar-refractivity contribution in [1.82, 2.24) is 4.98 Å². The second-order valence-electron chi connectivity index (χ2n) is 7.92. The van der Waals surface area contributed by atoms with Gasteiger partial charge in [0.05, 0.1) is 18.2 Å². The third kappa shape index (κ3) is 6.25. The molecule has 1 aliphatic carbocycles. The minimum atomic E-state index is -0.134. The first-order valence-electron chi connectivity index (χ1n) is 10.8. The number of nitrogens with two attached hydrogens (primary N) is 1. The van der Waals surface area contributed by atoms with E-state index >= 15 is 0 Å². The Kier molecular flexibility index (Phi) is 8.38. The average molecular weight is 443 g/mol. The molecule has 4 rings (SSSR count). The molecule has 31 heavy (non-hydrogen) atoms. The quantitative estimate of drug-likeness (QED) is 0.542. The van der Waals surface area contributed by atoms with Gasteiger partial charge >= 0.3 is 0 Å². The van der Waals surface area contributed by atoms with Crippen LogP contribution in [0.2, 0.25) is 5.02 Å². The number of aromatic nitrogens is 1. The molecule has 5 nitrogen and oxygen atoms in total. The number of aromatic amines is 1. The smallest absolute Gasteiger partial charge is 0.255 e. The third-order valence-electron chi connectivity index (χ3n) is 5.89. The molecule has 3 N–H and O–H groups in total. The number of halogens is 1. The van der Waals surface area contributed by atoms with Crippen LogP contribution in [0.1, 0.15) is 39.0 Å². The van der Waals surface area contributed by atoms with E-state index in [0.29, 0.717) is 28.1 Å². The second kappa shape index (κ2) is 11.2. The molecule has 0 spiro atoms. The Morgan fingerprint density at radius 2 is 1.84 bits per heavy atom. The van der Waals surface area contributed by atoms with Gasteiger partial charge in [0.15, 0.2) is 0 Å². The standard InChI is InChI=1S/C18H23ClN2O2.C7H8O/c1-2-16(20)11-3-5-13(6-4-11)23-17-9-12-7-8-21-18(22)14(12)10-15(17)19;1-8-7-5-3-2-4-6-7/h7-11,13,16H,2-6,20H2,1H3,(H,21,22);2-6H,1H3. The number of rotatable bonds is 5. The number of hydrogen-bond acceptors (Lipinski definition) is 4. The SMILES string of the molecule is CCC(N)C1CCC(Oc2cc3cc[nH]c(=O)c3cc2Cl)CC1.COc1ccccc1. The van der Waals surface area contributed by atoms with Gasteiger partial charge in [0.2, 0.25) is 0 Å². The van der Waals surface area contributed by atoms with Crippen molar-refractivity contribution >= 4 is 22.4 Å². The number of fused-ring (bicyclic) bond motifs is 1. The van der Waals surface area contributed by atoms with Crippen LogP contribution in [0.3, 0.4) is 0 Å². The summed E-state index contributed by atoms with van der Waals surface area (Å²) < 4.78 is 11.0. The minimum Gasteiger partial charge on any atom is -0.497 e. The number of methoxy groups -OCH3 is 1. The molecule has 1 saturated carbocycles. The molecule has 0 aliphatic heterocycles. The maximum atomic E-state index is 11.8. The highest BCUT2D eigenvalue weighted by atomic mass is 35.5. The van der Waals surface area contributed by atoms with Crippen LogP contribution < -0.4 is 20.8 Å². The van der Waals surface area contributed by atoms with Crippen LogP contribution in [-0.2, 0) is 0 Å². The first-order valence-corrected chi connectivity index (χ1v) is 11.2. The number of H-pyrrole nitrogens is 1. The summed E-state index contributed by atoms with van der Waals surface area (Å²) in [5.74, 6) is 2.17. The number of pyridine rings is 1. The first-order chi connectivity index (χ1) is 15.0. The van der Waals surface area contributed by atoms with Gasteiger partial charge in [-0.2, -0.15) is 0 Å². The van der Waals surface area contributed by atoms with Crippen molar-refractivity contribution in [3.63, 3.8) is 0 Å². The number of ether oxygens (including phenoxy) is 2. The van der Waals surface area contributed by atoms with Crippen LogP contribution >= 0.6 is 11.6 Å². The molecule has 6 heteroatoms. The van der Waals surface area contributed by atoms with Crippen molar-refractivity contribution in [2.45, 2.75) is 51.2 Å². The highest BCUT2D eigenvalue weighted by Crippen LogP contribution is 2.34. The maximum absolute atomic E-state index is 11.8. The molecule has 1 aromatic heterocycles. The molecular formula is C25H31ClN2O3. The number of benzene rings is 2. The summed E-state index contributed by atoms with van der Waals surface area (Å²) in [5.41, 5.74) is 6.02. The molecule has 1 atom stereocenters. The Morgan fingerprint density at radius 3 is 2.45 bits per heavy atom. The van der Waals surface area contributed by atoms with Gasteiger partial charge in [0.25, 0.3) is 5.56 Å². The molecule has 0 saturated heterocycles. The van der Waals surface area contributed by atoms with Crippen LogP contribution in [-0.4, -0.2) is 24.2 Å². The Labute approximate surface area is 188 Å². The fourth-order valence-corrected chi connectivity index (χ4v) is 4.19. The summed E-state index contributed by atoms with van der Waals surface area (Å²) in [7, 11) is 1.66. The van der Waals surface area contributed by atoms with E-state index in [1.165, 1.54) is 0 Å². The van der Waals surface area contributed by atoms with Gasteiger partial charge < -0.3 is 20.2 Å². The molecule has 0 radical (unpaired) electrons. The summed E-state index contributed by atoms with van der Waals surface area (Å²) >= 11 is 6.30. The summed E-state index contributed by atoms with van der Waals surface area (Å²) in [6, 6.07) is 15.4. The molecular weight excluding hydrogens is 412 g/mol. The molecule has 2 aromatic carbocycles. The molecule has 1 unspecified atom stereocenters. The van der Waals surface area contributed by atoms with Crippen molar-refractivity contribution in [3.05, 3.63) is 70.1 Å². The summed E-state index contributed by atoms with van der Waals surface area (Å²) in [4.78, 5) is 14.5. The molecule has 3 aromatic rings. The van der Waals surface area contributed by atoms with Gasteiger partial charge in [-0.25, -0.2) is 0 Å². The maximum Gasteiger partial charge on any atom is 0.255 e. The van der Waals surface area contributed by atoms with Crippen molar-refractivity contribution in [3.8, 4) is 11.5 Å². The van der Waals surface area contributed by atoms with Gasteiger partial charge in [-0.1, -0.05) is 36.7 Å². The zero-order chi connectivity index (χ0) is 22.2. The Balaban J connectivity index is 0.000000287. The van der Waals surface area contributed by atoms with Crippen LogP contribution in [0.4, 0.5) is 0 Å². The summed E-state index contributed by atoms with van der Waals surface area (Å²) in [6.07, 6.45) is 7.05. The molecule has 1 heterocycles. The van der Waals surface area contributed by atoms with E-state index in [2.05, 4.69) is 11.9 Å². The second-order valence-corrected chi connectivity index (χ2v) is 8.33. The lowest BCUT2D eigenvalue weighted by Gasteiger charge is -2.32. The lowest BCUT2D eigenvalue weighted by molar-refractivity contribution is 0.122. The van der Waals surface area contributed by atoms with E-state index in [9.17, 15) is 4.79 Å². The van der Waals surface area contributed by atoms with E-state index in [1.54, 1.807) is 19.4 Å². The summed E-state index contributed by atoms with van der Waals surface area (Å²) in [6.45, 7) is 2.14. The lowest BCUT2D eigenvalue weighted by atomic mass is 9.82. The fourth-order valence-electron chi connectivity index (χ4n) is 3.98. The van der Waals surface area contributed by atoms with Crippen LogP contribution in [0.15, 0.2) is 59.5 Å². The van der Waals surface area contributed by atoms with Gasteiger partial charge in [-0.3, -0.25) is 4.79 Å². The Hall–Kier alpha value is -2.50. The molecule has 0 amide bonds. The van der Waals surface area contributed by atoms with E-state index in [-0.39, 0.29) is 11.7 Å². The zero-order valence-electron chi connectivity index (χ0n) is 18.1. The number of para-hydroxylation sites is 1. The van der Waals surface area contributed by atoms with Crippen LogP contribution in [0.25, 0.3) is 10.8 Å². The van der Waals surface area contributed by atoms with E-state index in [1.807, 2.05) is 42.5 Å². The summed E-state index contributed by atoms with van der Waals surface area (Å²) in [5, 5.41) is 1.92.